The van der Waals surface area contributed by atoms with E-state index >= 15 is 0 Å². The number of carbonyl (C=O) groups is 2. The van der Waals surface area contributed by atoms with E-state index < -0.39 is 8.32 Å². The van der Waals surface area contributed by atoms with Gasteiger partial charge in [0.05, 0.1) is 42.7 Å². The van der Waals surface area contributed by atoms with Crippen LogP contribution in [0.4, 0.5) is 5.69 Å². The summed E-state index contributed by atoms with van der Waals surface area (Å²) in [6, 6.07) is 17.8. The van der Waals surface area contributed by atoms with Gasteiger partial charge in [-0.15, -0.1) is 0 Å². The molecular formula is C32H43N3O5Si. The van der Waals surface area contributed by atoms with Crippen LogP contribution in [0.5, 0.6) is 0 Å². The lowest BCUT2D eigenvalue weighted by molar-refractivity contribution is -0.135. The molecule has 0 aliphatic carbocycles. The molecule has 0 aromatic heterocycles. The summed E-state index contributed by atoms with van der Waals surface area (Å²) in [4.78, 5) is 39.0. The standard InChI is InChI=1S/C32H43N3O5Si/c1-22-28(40-29(32(22)41(2,3)39)20-31(38)34-18-8-13-26(34)21-36)16-14-23-9-7-12-25(19-23)35-30(37)17-15-27(33-35)24-10-5-4-6-11-24/h4-7,9-12,19,22,26,28-29,32,36,39H,8,13-18,20-21H2,1-3H3/t22-,26+,28+,29-,32+/m1/s1. The van der Waals surface area contributed by atoms with Gasteiger partial charge < -0.3 is 19.5 Å². The minimum atomic E-state index is -2.61. The van der Waals surface area contributed by atoms with Crippen LogP contribution in [-0.2, 0) is 20.7 Å². The monoisotopic (exact) mass is 577 g/mol. The van der Waals surface area contributed by atoms with E-state index in [0.717, 1.165) is 48.2 Å². The van der Waals surface area contributed by atoms with Crippen molar-refractivity contribution in [2.24, 2.45) is 11.0 Å². The second kappa shape index (κ2) is 12.6. The smallest absolute Gasteiger partial charge is 0.247 e. The molecule has 2 amide bonds. The highest BCUT2D eigenvalue weighted by Crippen LogP contribution is 2.46. The number of rotatable bonds is 9. The summed E-state index contributed by atoms with van der Waals surface area (Å²) in [7, 11) is -2.61. The summed E-state index contributed by atoms with van der Waals surface area (Å²) in [5.74, 6) is 0.120. The first-order valence-corrected chi connectivity index (χ1v) is 18.0. The lowest BCUT2D eigenvalue weighted by Crippen LogP contribution is -2.43. The molecule has 3 heterocycles. The fourth-order valence-electron chi connectivity index (χ4n) is 7.00. The Bertz CT molecular complexity index is 1260. The lowest BCUT2D eigenvalue weighted by atomic mass is 9.95. The Morgan fingerprint density at radius 1 is 1.10 bits per heavy atom. The molecule has 5 atom stereocenters. The van der Waals surface area contributed by atoms with Crippen molar-refractivity contribution in [2.75, 3.05) is 18.2 Å². The van der Waals surface area contributed by atoms with E-state index in [4.69, 9.17) is 9.84 Å². The molecular weight excluding hydrogens is 534 g/mol. The van der Waals surface area contributed by atoms with E-state index in [1.165, 1.54) is 5.01 Å². The molecule has 2 aromatic carbocycles. The molecule has 5 rings (SSSR count). The van der Waals surface area contributed by atoms with Crippen molar-refractivity contribution in [1.29, 1.82) is 0 Å². The molecule has 0 saturated carbocycles. The molecule has 41 heavy (non-hydrogen) atoms. The topological polar surface area (TPSA) is 103 Å². The van der Waals surface area contributed by atoms with Crippen LogP contribution in [-0.4, -0.2) is 72.0 Å². The Morgan fingerprint density at radius 3 is 2.61 bits per heavy atom. The normalized spacial score (nSPS) is 26.9. The fraction of sp³-hybridized carbons (Fsp3) is 0.531. The number of aliphatic hydroxyl groups excluding tert-OH is 1. The molecule has 2 N–H and O–H groups in total. The van der Waals surface area contributed by atoms with E-state index in [9.17, 15) is 19.5 Å². The van der Waals surface area contributed by atoms with Gasteiger partial charge in [0.25, 0.3) is 0 Å². The number of carbonyl (C=O) groups excluding carboxylic acids is 2. The SMILES string of the molecule is C[C@H]1[C@H]([Si](C)(C)O)[C@@H](CC(=O)N2CCC[C@H]2CO)O[C@H]1CCc1cccc(N2N=C(c3ccccc3)CCC2=O)c1. The van der Waals surface area contributed by atoms with Gasteiger partial charge in [-0.25, -0.2) is 5.01 Å². The maximum Gasteiger partial charge on any atom is 0.247 e. The van der Waals surface area contributed by atoms with Gasteiger partial charge in [-0.05, 0) is 68.0 Å². The van der Waals surface area contributed by atoms with Crippen molar-refractivity contribution in [2.45, 2.75) is 88.8 Å². The first-order chi connectivity index (χ1) is 19.7. The number of hydrogen-bond donors (Lipinski definition) is 2. The number of anilines is 1. The molecule has 0 radical (unpaired) electrons. The molecule has 3 aliphatic heterocycles. The zero-order chi connectivity index (χ0) is 29.1. The highest BCUT2D eigenvalue weighted by molar-refractivity contribution is 6.71. The molecule has 0 unspecified atom stereocenters. The van der Waals surface area contributed by atoms with Gasteiger partial charge in [-0.2, -0.15) is 5.10 Å². The second-order valence-electron chi connectivity index (χ2n) is 12.3. The van der Waals surface area contributed by atoms with Crippen molar-refractivity contribution < 1.29 is 24.2 Å². The molecule has 2 fully saturated rings. The van der Waals surface area contributed by atoms with E-state index in [1.54, 1.807) is 4.90 Å². The Morgan fingerprint density at radius 2 is 1.88 bits per heavy atom. The number of ether oxygens (including phenoxy) is 1. The first-order valence-electron chi connectivity index (χ1n) is 15.0. The summed E-state index contributed by atoms with van der Waals surface area (Å²) in [6.45, 7) is 6.67. The van der Waals surface area contributed by atoms with E-state index in [2.05, 4.69) is 13.0 Å². The third-order valence-electron chi connectivity index (χ3n) is 9.02. The Kier molecular flexibility index (Phi) is 9.08. The van der Waals surface area contributed by atoms with Gasteiger partial charge in [-0.3, -0.25) is 9.59 Å². The zero-order valence-corrected chi connectivity index (χ0v) is 25.4. The number of amides is 2. The molecule has 0 bridgehead atoms. The number of likely N-dealkylation sites (tertiary alicyclic amines) is 1. The predicted molar refractivity (Wildman–Crippen MR) is 162 cm³/mol. The molecule has 220 valence electrons. The lowest BCUT2D eigenvalue weighted by Gasteiger charge is -2.31. The maximum atomic E-state index is 13.2. The third kappa shape index (κ3) is 6.64. The fourth-order valence-corrected chi connectivity index (χ4v) is 9.60. The minimum Gasteiger partial charge on any atom is -0.432 e. The van der Waals surface area contributed by atoms with Crippen LogP contribution >= 0.6 is 0 Å². The van der Waals surface area contributed by atoms with Crippen LogP contribution in [0.3, 0.4) is 0 Å². The summed E-state index contributed by atoms with van der Waals surface area (Å²) in [6.07, 6.45) is 4.14. The first kappa shape index (κ1) is 29.6. The number of nitrogens with zero attached hydrogens (tertiary/aromatic N) is 3. The summed E-state index contributed by atoms with van der Waals surface area (Å²) in [5.41, 5.74) is 3.74. The van der Waals surface area contributed by atoms with Crippen LogP contribution in [0.2, 0.25) is 18.6 Å². The number of aliphatic hydroxyl groups is 1. The minimum absolute atomic E-state index is 0.0111. The van der Waals surface area contributed by atoms with Crippen molar-refractivity contribution in [1.82, 2.24) is 4.90 Å². The average Bonchev–Trinajstić information content (AvgIpc) is 3.56. The maximum absolute atomic E-state index is 13.2. The number of aryl methyl sites for hydroxylation is 1. The number of benzene rings is 2. The van der Waals surface area contributed by atoms with Gasteiger partial charge >= 0.3 is 0 Å². The summed E-state index contributed by atoms with van der Waals surface area (Å²) < 4.78 is 6.54. The highest BCUT2D eigenvalue weighted by atomic mass is 28.4. The molecule has 0 spiro atoms. The number of hydrazone groups is 1. The molecule has 2 saturated heterocycles. The second-order valence-corrected chi connectivity index (χ2v) is 16.3. The highest BCUT2D eigenvalue weighted by Gasteiger charge is 2.50. The Balaban J connectivity index is 1.27. The van der Waals surface area contributed by atoms with Crippen molar-refractivity contribution in [3.63, 3.8) is 0 Å². The zero-order valence-electron chi connectivity index (χ0n) is 24.4. The van der Waals surface area contributed by atoms with Crippen molar-refractivity contribution in [3.05, 3.63) is 65.7 Å². The van der Waals surface area contributed by atoms with Crippen LogP contribution < -0.4 is 5.01 Å². The van der Waals surface area contributed by atoms with E-state index in [1.807, 2.05) is 61.6 Å². The predicted octanol–water partition coefficient (Wildman–Crippen LogP) is 4.49. The van der Waals surface area contributed by atoms with E-state index in [-0.39, 0.29) is 54.6 Å². The third-order valence-corrected chi connectivity index (χ3v) is 11.5. The van der Waals surface area contributed by atoms with Gasteiger partial charge in [0.2, 0.25) is 11.8 Å². The Hall–Kier alpha value is -2.85. The van der Waals surface area contributed by atoms with E-state index in [0.29, 0.717) is 19.4 Å². The molecule has 9 heteroatoms. The molecule has 3 aliphatic rings. The van der Waals surface area contributed by atoms with Crippen LogP contribution in [0.1, 0.15) is 56.6 Å². The van der Waals surface area contributed by atoms with Crippen molar-refractivity contribution in [3.8, 4) is 0 Å². The van der Waals surface area contributed by atoms with Crippen LogP contribution in [0.25, 0.3) is 0 Å². The summed E-state index contributed by atoms with van der Waals surface area (Å²) >= 11 is 0. The van der Waals surface area contributed by atoms with Gasteiger partial charge in [0.15, 0.2) is 8.32 Å². The number of hydrogen-bond acceptors (Lipinski definition) is 6. The Labute approximate surface area is 244 Å². The van der Waals surface area contributed by atoms with Gasteiger partial charge in [-0.1, -0.05) is 49.4 Å². The quantitative estimate of drug-likeness (QED) is 0.428. The van der Waals surface area contributed by atoms with Gasteiger partial charge in [0, 0.05) is 24.9 Å². The molecule has 8 nitrogen and oxygen atoms in total. The largest absolute Gasteiger partial charge is 0.432 e. The van der Waals surface area contributed by atoms with Gasteiger partial charge in [0.1, 0.15) is 0 Å². The summed E-state index contributed by atoms with van der Waals surface area (Å²) in [5, 5.41) is 15.9. The average molecular weight is 578 g/mol. The molecule has 2 aromatic rings. The van der Waals surface area contributed by atoms with Crippen LogP contribution in [0.15, 0.2) is 59.7 Å². The van der Waals surface area contributed by atoms with Crippen LogP contribution in [0, 0.1) is 5.92 Å². The van der Waals surface area contributed by atoms with Crippen molar-refractivity contribution >= 4 is 31.5 Å².